The third kappa shape index (κ3) is 4.10. The maximum Gasteiger partial charge on any atom is 0.316 e. The minimum absolute atomic E-state index is 0.0779. The van der Waals surface area contributed by atoms with Gasteiger partial charge in [0.1, 0.15) is 5.92 Å². The Bertz CT molecular complexity index is 686. The first-order valence-corrected chi connectivity index (χ1v) is 7.65. The van der Waals surface area contributed by atoms with Crippen molar-refractivity contribution < 1.29 is 19.4 Å². The number of ether oxygens (including phenoxy) is 1. The smallest absolute Gasteiger partial charge is 0.316 e. The van der Waals surface area contributed by atoms with E-state index in [1.165, 1.54) is 18.2 Å². The number of benzene rings is 1. The molecule has 24 heavy (non-hydrogen) atoms. The Morgan fingerprint density at radius 1 is 1.21 bits per heavy atom. The number of aromatic nitrogens is 1. The van der Waals surface area contributed by atoms with Crippen LogP contribution >= 0.6 is 0 Å². The Morgan fingerprint density at radius 3 is 2.42 bits per heavy atom. The van der Waals surface area contributed by atoms with Crippen LogP contribution in [0.15, 0.2) is 48.7 Å². The van der Waals surface area contributed by atoms with Crippen LogP contribution in [0.2, 0.25) is 0 Å². The van der Waals surface area contributed by atoms with Crippen molar-refractivity contribution >= 4 is 17.6 Å². The molecule has 1 atom stereocenters. The van der Waals surface area contributed by atoms with Gasteiger partial charge in [0.25, 0.3) is 0 Å². The Morgan fingerprint density at radius 2 is 1.92 bits per heavy atom. The van der Waals surface area contributed by atoms with Crippen molar-refractivity contribution in [3.05, 3.63) is 54.2 Å². The first-order chi connectivity index (χ1) is 11.6. The summed E-state index contributed by atoms with van der Waals surface area (Å²) in [4.78, 5) is 29.9. The summed E-state index contributed by atoms with van der Waals surface area (Å²) in [6.45, 7) is 2.21. The van der Waals surface area contributed by atoms with Crippen molar-refractivity contribution in [1.82, 2.24) is 4.98 Å². The van der Waals surface area contributed by atoms with Gasteiger partial charge in [0.2, 0.25) is 11.8 Å². The van der Waals surface area contributed by atoms with Crippen molar-refractivity contribution in [2.45, 2.75) is 13.3 Å². The molecule has 1 aromatic heterocycles. The highest BCUT2D eigenvalue weighted by molar-refractivity contribution is 6.05. The fourth-order valence-electron chi connectivity index (χ4n) is 2.43. The predicted octanol–water partition coefficient (Wildman–Crippen LogP) is 2.39. The van der Waals surface area contributed by atoms with Gasteiger partial charge in [0, 0.05) is 24.5 Å². The van der Waals surface area contributed by atoms with E-state index in [4.69, 9.17) is 4.74 Å². The second kappa shape index (κ2) is 8.10. The van der Waals surface area contributed by atoms with Crippen LogP contribution in [0.1, 0.15) is 12.5 Å². The van der Waals surface area contributed by atoms with E-state index < -0.39 is 17.8 Å². The molecule has 0 saturated heterocycles. The van der Waals surface area contributed by atoms with Crippen molar-refractivity contribution in [3.63, 3.8) is 0 Å². The highest BCUT2D eigenvalue weighted by atomic mass is 16.5. The molecule has 0 fully saturated rings. The molecule has 6 nitrogen and oxygen atoms in total. The minimum Gasteiger partial charge on any atom is -0.481 e. The molecule has 126 valence electrons. The van der Waals surface area contributed by atoms with Crippen molar-refractivity contribution in [1.29, 1.82) is 0 Å². The summed E-state index contributed by atoms with van der Waals surface area (Å²) in [5.74, 6) is -2.31. The number of anilines is 1. The molecule has 0 saturated carbocycles. The van der Waals surface area contributed by atoms with E-state index in [1.807, 2.05) is 25.1 Å². The first-order valence-electron chi connectivity index (χ1n) is 7.65. The van der Waals surface area contributed by atoms with Gasteiger partial charge in [-0.15, -0.1) is 0 Å². The van der Waals surface area contributed by atoms with E-state index in [2.05, 4.69) is 4.98 Å². The molecule has 0 aliphatic carbocycles. The SMILES string of the molecule is CCN(C(=O)C(Cc1ccc(OC)nc1)C(=O)O)c1ccccc1. The number of carboxylic acids is 1. The molecule has 0 radical (unpaired) electrons. The van der Waals surface area contributed by atoms with Crippen molar-refractivity contribution in [2.24, 2.45) is 5.92 Å². The molecule has 1 amide bonds. The highest BCUT2D eigenvalue weighted by Gasteiger charge is 2.31. The lowest BCUT2D eigenvalue weighted by atomic mass is 9.98. The standard InChI is InChI=1S/C18H20N2O4/c1-3-20(14-7-5-4-6-8-14)17(21)15(18(22)23)11-13-9-10-16(24-2)19-12-13/h4-10,12,15H,3,11H2,1-2H3,(H,22,23). The molecule has 0 aliphatic rings. The lowest BCUT2D eigenvalue weighted by molar-refractivity contribution is -0.146. The number of amides is 1. The van der Waals surface area contributed by atoms with E-state index in [0.29, 0.717) is 23.7 Å². The summed E-state index contributed by atoms with van der Waals surface area (Å²) < 4.78 is 4.98. The monoisotopic (exact) mass is 328 g/mol. The zero-order valence-corrected chi connectivity index (χ0v) is 13.7. The average Bonchev–Trinajstić information content (AvgIpc) is 2.61. The number of para-hydroxylation sites is 1. The highest BCUT2D eigenvalue weighted by Crippen LogP contribution is 2.19. The maximum absolute atomic E-state index is 12.7. The molecule has 1 unspecified atom stereocenters. The van der Waals surface area contributed by atoms with Gasteiger partial charge in [0.15, 0.2) is 0 Å². The number of aliphatic carboxylic acids is 1. The van der Waals surface area contributed by atoms with E-state index >= 15 is 0 Å². The van der Waals surface area contributed by atoms with Crippen LogP contribution in [0.25, 0.3) is 0 Å². The number of pyridine rings is 1. The van der Waals surface area contributed by atoms with E-state index in [-0.39, 0.29) is 6.42 Å². The van der Waals surface area contributed by atoms with Crippen LogP contribution < -0.4 is 9.64 Å². The molecule has 0 aliphatic heterocycles. The molecule has 1 aromatic carbocycles. The van der Waals surface area contributed by atoms with E-state index in [0.717, 1.165) is 0 Å². The van der Waals surface area contributed by atoms with Gasteiger partial charge in [-0.25, -0.2) is 4.98 Å². The topological polar surface area (TPSA) is 79.7 Å². The van der Waals surface area contributed by atoms with Crippen LogP contribution in [0, 0.1) is 5.92 Å². The average molecular weight is 328 g/mol. The van der Waals surface area contributed by atoms with Gasteiger partial charge < -0.3 is 14.7 Å². The van der Waals surface area contributed by atoms with Crippen molar-refractivity contribution in [3.8, 4) is 5.88 Å². The third-order valence-electron chi connectivity index (χ3n) is 3.69. The number of rotatable bonds is 7. The number of methoxy groups -OCH3 is 1. The number of nitrogens with zero attached hydrogens (tertiary/aromatic N) is 2. The molecule has 6 heteroatoms. The predicted molar refractivity (Wildman–Crippen MR) is 90.1 cm³/mol. The zero-order valence-electron chi connectivity index (χ0n) is 13.7. The second-order valence-electron chi connectivity index (χ2n) is 5.22. The van der Waals surface area contributed by atoms with Gasteiger partial charge in [-0.1, -0.05) is 24.3 Å². The summed E-state index contributed by atoms with van der Waals surface area (Å²) in [6, 6.07) is 12.4. The van der Waals surface area contributed by atoms with Gasteiger partial charge in [-0.05, 0) is 31.0 Å². The summed E-state index contributed by atoms with van der Waals surface area (Å²) in [5.41, 5.74) is 1.35. The lowest BCUT2D eigenvalue weighted by Crippen LogP contribution is -2.40. The molecule has 2 aromatic rings. The molecular weight excluding hydrogens is 308 g/mol. The van der Waals surface area contributed by atoms with Crippen LogP contribution in [-0.2, 0) is 16.0 Å². The molecular formula is C18H20N2O4. The second-order valence-corrected chi connectivity index (χ2v) is 5.22. The largest absolute Gasteiger partial charge is 0.481 e. The summed E-state index contributed by atoms with van der Waals surface area (Å²) >= 11 is 0. The van der Waals surface area contributed by atoms with Crippen LogP contribution in [0.4, 0.5) is 5.69 Å². The minimum atomic E-state index is -1.17. The third-order valence-corrected chi connectivity index (χ3v) is 3.69. The van der Waals surface area contributed by atoms with Gasteiger partial charge in [-0.3, -0.25) is 9.59 Å². The fourth-order valence-corrected chi connectivity index (χ4v) is 2.43. The van der Waals surface area contributed by atoms with Crippen LogP contribution in [0.3, 0.4) is 0 Å². The van der Waals surface area contributed by atoms with Crippen LogP contribution in [0.5, 0.6) is 5.88 Å². The lowest BCUT2D eigenvalue weighted by Gasteiger charge is -2.24. The molecule has 1 heterocycles. The maximum atomic E-state index is 12.7. The van der Waals surface area contributed by atoms with E-state index in [1.54, 1.807) is 24.3 Å². The summed E-state index contributed by atoms with van der Waals surface area (Å²) in [7, 11) is 1.50. The van der Waals surface area contributed by atoms with Gasteiger partial charge >= 0.3 is 5.97 Å². The van der Waals surface area contributed by atoms with Gasteiger partial charge in [0.05, 0.1) is 7.11 Å². The number of carbonyl (C=O) groups is 2. The number of carbonyl (C=O) groups excluding carboxylic acids is 1. The number of carboxylic acid groups (broad SMARTS) is 1. The summed E-state index contributed by atoms with van der Waals surface area (Å²) in [6.07, 6.45) is 1.61. The van der Waals surface area contributed by atoms with Crippen molar-refractivity contribution in [2.75, 3.05) is 18.6 Å². The van der Waals surface area contributed by atoms with E-state index in [9.17, 15) is 14.7 Å². The Balaban J connectivity index is 2.22. The van der Waals surface area contributed by atoms with Gasteiger partial charge in [-0.2, -0.15) is 0 Å². The van der Waals surface area contributed by atoms with Crippen LogP contribution in [-0.4, -0.2) is 35.6 Å². The summed E-state index contributed by atoms with van der Waals surface area (Å²) in [5, 5.41) is 9.50. The molecule has 0 spiro atoms. The Hall–Kier alpha value is -2.89. The Kier molecular flexibility index (Phi) is 5.89. The zero-order chi connectivity index (χ0) is 17.5. The fraction of sp³-hybridized carbons (Fsp3) is 0.278. The molecule has 1 N–H and O–H groups in total. The number of hydrogen-bond donors (Lipinski definition) is 1. The quantitative estimate of drug-likeness (QED) is 0.789. The Labute approximate surface area is 140 Å². The number of hydrogen-bond acceptors (Lipinski definition) is 4. The molecule has 2 rings (SSSR count). The molecule has 0 bridgehead atoms. The normalized spacial score (nSPS) is 11.6. The first kappa shape index (κ1) is 17.5.